The SMILES string of the molecule is CCC(C)(C)OC(=O)NC(=O)NC. The fourth-order valence-electron chi connectivity index (χ4n) is 0.504. The van der Waals surface area contributed by atoms with Crippen LogP contribution >= 0.6 is 0 Å². The van der Waals surface area contributed by atoms with Crippen molar-refractivity contribution in [1.82, 2.24) is 10.6 Å². The molecule has 0 bridgehead atoms. The Balaban J connectivity index is 3.94. The molecule has 0 radical (unpaired) electrons. The molecule has 0 spiro atoms. The molecule has 76 valence electrons. The zero-order valence-corrected chi connectivity index (χ0v) is 8.43. The van der Waals surface area contributed by atoms with Gasteiger partial charge >= 0.3 is 12.1 Å². The molecule has 3 amide bonds. The second kappa shape index (κ2) is 4.69. The van der Waals surface area contributed by atoms with Crippen molar-refractivity contribution in [2.45, 2.75) is 32.8 Å². The lowest BCUT2D eigenvalue weighted by Gasteiger charge is -2.22. The lowest BCUT2D eigenvalue weighted by molar-refractivity contribution is 0.0382. The second-order valence-electron chi connectivity index (χ2n) is 3.21. The average molecular weight is 188 g/mol. The standard InChI is InChI=1S/C8H16N2O3/c1-5-8(2,3)13-7(12)10-6(11)9-4/h5H2,1-4H3,(H2,9,10,11,12). The summed E-state index contributed by atoms with van der Waals surface area (Å²) in [7, 11) is 1.42. The minimum absolute atomic E-state index is 0.544. The number of carbonyl (C=O) groups excluding carboxylic acids is 2. The highest BCUT2D eigenvalue weighted by atomic mass is 16.6. The zero-order chi connectivity index (χ0) is 10.5. The maximum Gasteiger partial charge on any atom is 0.415 e. The van der Waals surface area contributed by atoms with E-state index >= 15 is 0 Å². The van der Waals surface area contributed by atoms with Gasteiger partial charge in [-0.15, -0.1) is 0 Å². The highest BCUT2D eigenvalue weighted by Crippen LogP contribution is 2.12. The number of hydrogen-bond acceptors (Lipinski definition) is 3. The lowest BCUT2D eigenvalue weighted by atomic mass is 10.1. The summed E-state index contributed by atoms with van der Waals surface area (Å²) in [4.78, 5) is 21.7. The van der Waals surface area contributed by atoms with Crippen molar-refractivity contribution >= 4 is 12.1 Å². The van der Waals surface area contributed by atoms with E-state index in [1.54, 1.807) is 13.8 Å². The summed E-state index contributed by atoms with van der Waals surface area (Å²) >= 11 is 0. The van der Waals surface area contributed by atoms with Gasteiger partial charge in [0.1, 0.15) is 5.60 Å². The molecule has 0 rings (SSSR count). The highest BCUT2D eigenvalue weighted by molar-refractivity contribution is 5.90. The number of hydrogen-bond donors (Lipinski definition) is 2. The molecule has 0 saturated heterocycles. The van der Waals surface area contributed by atoms with E-state index in [1.807, 2.05) is 12.2 Å². The quantitative estimate of drug-likeness (QED) is 0.685. The van der Waals surface area contributed by atoms with Crippen molar-refractivity contribution in [3.63, 3.8) is 0 Å². The third kappa shape index (κ3) is 5.05. The summed E-state index contributed by atoms with van der Waals surface area (Å²) in [5, 5.41) is 4.26. The molecule has 0 aromatic heterocycles. The Labute approximate surface area is 77.8 Å². The van der Waals surface area contributed by atoms with Crippen LogP contribution in [0.15, 0.2) is 0 Å². The van der Waals surface area contributed by atoms with Crippen LogP contribution in [0.4, 0.5) is 9.59 Å². The van der Waals surface area contributed by atoms with E-state index in [0.29, 0.717) is 6.42 Å². The number of urea groups is 1. The Bertz CT molecular complexity index is 202. The number of imide groups is 1. The van der Waals surface area contributed by atoms with Crippen molar-refractivity contribution in [3.05, 3.63) is 0 Å². The Hall–Kier alpha value is -1.26. The molecule has 2 N–H and O–H groups in total. The van der Waals surface area contributed by atoms with Crippen LogP contribution in [-0.2, 0) is 4.74 Å². The molecule has 0 aliphatic heterocycles. The number of rotatable bonds is 2. The maximum absolute atomic E-state index is 11.0. The predicted molar refractivity (Wildman–Crippen MR) is 48.4 cm³/mol. The topological polar surface area (TPSA) is 67.4 Å². The van der Waals surface area contributed by atoms with Gasteiger partial charge in [-0.05, 0) is 20.3 Å². The third-order valence-electron chi connectivity index (χ3n) is 1.66. The maximum atomic E-state index is 11.0. The van der Waals surface area contributed by atoms with Crippen LogP contribution < -0.4 is 10.6 Å². The minimum atomic E-state index is -0.730. The second-order valence-corrected chi connectivity index (χ2v) is 3.21. The number of carbonyl (C=O) groups is 2. The van der Waals surface area contributed by atoms with Crippen LogP contribution in [0.3, 0.4) is 0 Å². The van der Waals surface area contributed by atoms with Crippen LogP contribution in [0.5, 0.6) is 0 Å². The summed E-state index contributed by atoms with van der Waals surface area (Å²) in [6, 6.07) is -0.572. The summed E-state index contributed by atoms with van der Waals surface area (Å²) in [6.45, 7) is 5.44. The van der Waals surface area contributed by atoms with Gasteiger partial charge in [0.15, 0.2) is 0 Å². The Morgan fingerprint density at radius 2 is 1.92 bits per heavy atom. The van der Waals surface area contributed by atoms with E-state index in [0.717, 1.165) is 0 Å². The normalized spacial score (nSPS) is 10.5. The number of nitrogens with one attached hydrogen (secondary N) is 2. The van der Waals surface area contributed by atoms with E-state index in [-0.39, 0.29) is 0 Å². The van der Waals surface area contributed by atoms with E-state index in [1.165, 1.54) is 7.05 Å². The molecule has 0 unspecified atom stereocenters. The Morgan fingerprint density at radius 3 is 2.31 bits per heavy atom. The monoisotopic (exact) mass is 188 g/mol. The molecular formula is C8H16N2O3. The Morgan fingerprint density at radius 1 is 1.38 bits per heavy atom. The van der Waals surface area contributed by atoms with Gasteiger partial charge in [0, 0.05) is 7.05 Å². The van der Waals surface area contributed by atoms with Crippen LogP contribution in [0.2, 0.25) is 0 Å². The molecule has 0 saturated carbocycles. The van der Waals surface area contributed by atoms with Crippen molar-refractivity contribution in [3.8, 4) is 0 Å². The van der Waals surface area contributed by atoms with E-state index in [4.69, 9.17) is 4.74 Å². The van der Waals surface area contributed by atoms with Crippen molar-refractivity contribution < 1.29 is 14.3 Å². The summed E-state index contributed by atoms with van der Waals surface area (Å²) in [5.41, 5.74) is -0.544. The fraction of sp³-hybridized carbons (Fsp3) is 0.750. The summed E-state index contributed by atoms with van der Waals surface area (Å²) in [5.74, 6) is 0. The zero-order valence-electron chi connectivity index (χ0n) is 8.43. The number of alkyl carbamates (subject to hydrolysis) is 1. The number of amides is 3. The fourth-order valence-corrected chi connectivity index (χ4v) is 0.504. The van der Waals surface area contributed by atoms with Gasteiger partial charge in [-0.25, -0.2) is 14.9 Å². The van der Waals surface area contributed by atoms with Gasteiger partial charge in [0.05, 0.1) is 0 Å². The van der Waals surface area contributed by atoms with Crippen LogP contribution in [0.25, 0.3) is 0 Å². The van der Waals surface area contributed by atoms with Crippen LogP contribution in [0.1, 0.15) is 27.2 Å². The van der Waals surface area contributed by atoms with Gasteiger partial charge in [0.2, 0.25) is 0 Å². The van der Waals surface area contributed by atoms with Gasteiger partial charge in [-0.2, -0.15) is 0 Å². The molecule has 0 aromatic rings. The first-order valence-electron chi connectivity index (χ1n) is 4.13. The molecule has 0 fully saturated rings. The van der Waals surface area contributed by atoms with E-state index in [9.17, 15) is 9.59 Å². The van der Waals surface area contributed by atoms with Gasteiger partial charge in [0.25, 0.3) is 0 Å². The highest BCUT2D eigenvalue weighted by Gasteiger charge is 2.21. The average Bonchev–Trinajstić information content (AvgIpc) is 2.03. The first kappa shape index (κ1) is 11.7. The first-order valence-corrected chi connectivity index (χ1v) is 4.13. The van der Waals surface area contributed by atoms with Crippen LogP contribution in [-0.4, -0.2) is 24.8 Å². The van der Waals surface area contributed by atoms with Gasteiger partial charge < -0.3 is 10.1 Å². The molecule has 0 aliphatic rings. The van der Waals surface area contributed by atoms with Crippen molar-refractivity contribution in [2.24, 2.45) is 0 Å². The van der Waals surface area contributed by atoms with Gasteiger partial charge in [-0.3, -0.25) is 0 Å². The molecule has 13 heavy (non-hydrogen) atoms. The summed E-state index contributed by atoms with van der Waals surface area (Å²) < 4.78 is 4.95. The largest absolute Gasteiger partial charge is 0.443 e. The first-order chi connectivity index (χ1) is 5.91. The molecule has 5 nitrogen and oxygen atoms in total. The van der Waals surface area contributed by atoms with E-state index in [2.05, 4.69) is 5.32 Å². The minimum Gasteiger partial charge on any atom is -0.443 e. The smallest absolute Gasteiger partial charge is 0.415 e. The molecule has 0 atom stereocenters. The molecule has 5 heteroatoms. The molecule has 0 aromatic carbocycles. The molecule has 0 heterocycles. The van der Waals surface area contributed by atoms with Gasteiger partial charge in [-0.1, -0.05) is 6.92 Å². The van der Waals surface area contributed by atoms with Crippen molar-refractivity contribution in [2.75, 3.05) is 7.05 Å². The molecule has 0 aliphatic carbocycles. The summed E-state index contributed by atoms with van der Waals surface area (Å²) in [6.07, 6.45) is -0.0417. The van der Waals surface area contributed by atoms with E-state index < -0.39 is 17.7 Å². The third-order valence-corrected chi connectivity index (χ3v) is 1.66. The molecular weight excluding hydrogens is 172 g/mol. The number of ether oxygens (including phenoxy) is 1. The predicted octanol–water partition coefficient (Wildman–Crippen LogP) is 1.24. The Kier molecular flexibility index (Phi) is 4.23. The van der Waals surface area contributed by atoms with Crippen LogP contribution in [0, 0.1) is 0 Å². The lowest BCUT2D eigenvalue weighted by Crippen LogP contribution is -2.41. The van der Waals surface area contributed by atoms with Crippen molar-refractivity contribution in [1.29, 1.82) is 0 Å².